The van der Waals surface area contributed by atoms with Crippen molar-refractivity contribution in [3.8, 4) is 0 Å². The molecular weight excluding hydrogens is 114 g/mol. The first-order valence-corrected chi connectivity index (χ1v) is 2.84. The van der Waals surface area contributed by atoms with Crippen LogP contribution >= 0.6 is 0 Å². The Morgan fingerprint density at radius 3 is 3.22 bits per heavy atom. The van der Waals surface area contributed by atoms with Crippen molar-refractivity contribution in [3.63, 3.8) is 0 Å². The van der Waals surface area contributed by atoms with Crippen molar-refractivity contribution < 1.29 is 0 Å². The predicted molar refractivity (Wildman–Crippen MR) is 34.6 cm³/mol. The molecule has 0 amide bonds. The molecule has 1 heterocycles. The summed E-state index contributed by atoms with van der Waals surface area (Å²) in [4.78, 5) is 6.82. The molecule has 0 saturated heterocycles. The molecule has 1 aromatic heterocycles. The van der Waals surface area contributed by atoms with E-state index in [2.05, 4.69) is 15.3 Å². The molecule has 0 aliphatic carbocycles. The summed E-state index contributed by atoms with van der Waals surface area (Å²) in [6, 6.07) is 0. The van der Waals surface area contributed by atoms with E-state index >= 15 is 0 Å². The molecule has 0 aliphatic rings. The second-order valence-corrected chi connectivity index (χ2v) is 1.78. The average molecular weight is 123 g/mol. The van der Waals surface area contributed by atoms with Gasteiger partial charge in [0.1, 0.15) is 0 Å². The van der Waals surface area contributed by atoms with Gasteiger partial charge >= 0.3 is 0 Å². The van der Waals surface area contributed by atoms with Crippen molar-refractivity contribution in [1.82, 2.24) is 15.3 Å². The van der Waals surface area contributed by atoms with Crippen LogP contribution in [0.25, 0.3) is 0 Å². The third kappa shape index (κ3) is 1.85. The van der Waals surface area contributed by atoms with Gasteiger partial charge < -0.3 is 10.3 Å². The van der Waals surface area contributed by atoms with E-state index in [9.17, 15) is 0 Å². The molecule has 0 aliphatic heterocycles. The van der Waals surface area contributed by atoms with Gasteiger partial charge in [-0.15, -0.1) is 0 Å². The third-order valence-corrected chi connectivity index (χ3v) is 1.09. The number of nitrogens with one attached hydrogen (secondary N) is 2. The Balaban J connectivity index is 2.30. The molecule has 0 aromatic carbocycles. The molecule has 2 radical (unpaired) electrons. The standard InChI is InChI=1S/C6H9N3/c1-7-3-2-6-4-8-5-9-6/h1,4-5,7H,2-3H2,(H,8,9). The van der Waals surface area contributed by atoms with Gasteiger partial charge in [0.15, 0.2) is 0 Å². The Kier molecular flexibility index (Phi) is 2.27. The van der Waals surface area contributed by atoms with Gasteiger partial charge in [0, 0.05) is 31.9 Å². The van der Waals surface area contributed by atoms with Crippen molar-refractivity contribution in [2.24, 2.45) is 0 Å². The average Bonchev–Trinajstić information content (AvgIpc) is 2.34. The van der Waals surface area contributed by atoms with E-state index in [0.29, 0.717) is 0 Å². The minimum Gasteiger partial charge on any atom is -0.348 e. The van der Waals surface area contributed by atoms with Crippen LogP contribution in [0.4, 0.5) is 0 Å². The van der Waals surface area contributed by atoms with Gasteiger partial charge in [0.05, 0.1) is 6.33 Å². The Bertz CT molecular complexity index is 145. The van der Waals surface area contributed by atoms with E-state index in [4.69, 9.17) is 7.05 Å². The van der Waals surface area contributed by atoms with Gasteiger partial charge in [-0.1, -0.05) is 0 Å². The number of hydrogen-bond donors (Lipinski definition) is 2. The zero-order valence-corrected chi connectivity index (χ0v) is 5.09. The minimum atomic E-state index is 0.780. The van der Waals surface area contributed by atoms with Gasteiger partial charge in [0.25, 0.3) is 0 Å². The fraction of sp³-hybridized carbons (Fsp3) is 0.333. The molecule has 1 rings (SSSR count). The fourth-order valence-corrected chi connectivity index (χ4v) is 0.628. The van der Waals surface area contributed by atoms with E-state index in [-0.39, 0.29) is 0 Å². The van der Waals surface area contributed by atoms with Gasteiger partial charge in [-0.3, -0.25) is 0 Å². The van der Waals surface area contributed by atoms with Crippen LogP contribution in [0, 0.1) is 7.05 Å². The summed E-state index contributed by atoms with van der Waals surface area (Å²) in [7, 11) is 5.06. The number of aromatic amines is 1. The van der Waals surface area contributed by atoms with Crippen molar-refractivity contribution in [2.45, 2.75) is 6.42 Å². The first-order valence-electron chi connectivity index (χ1n) is 2.84. The summed E-state index contributed by atoms with van der Waals surface area (Å²) in [6.45, 7) is 0.780. The van der Waals surface area contributed by atoms with Gasteiger partial charge in [-0.25, -0.2) is 4.98 Å². The molecule has 0 spiro atoms. The normalized spacial score (nSPS) is 9.89. The highest BCUT2D eigenvalue weighted by Gasteiger charge is 1.89. The lowest BCUT2D eigenvalue weighted by Crippen LogP contribution is -2.07. The molecule has 0 saturated carbocycles. The maximum atomic E-state index is 5.06. The zero-order valence-electron chi connectivity index (χ0n) is 5.09. The molecule has 0 fully saturated rings. The van der Waals surface area contributed by atoms with Crippen molar-refractivity contribution >= 4 is 0 Å². The third-order valence-electron chi connectivity index (χ3n) is 1.09. The van der Waals surface area contributed by atoms with Crippen LogP contribution in [-0.4, -0.2) is 16.5 Å². The van der Waals surface area contributed by atoms with Crippen LogP contribution in [0.5, 0.6) is 0 Å². The van der Waals surface area contributed by atoms with Crippen LogP contribution < -0.4 is 5.32 Å². The smallest absolute Gasteiger partial charge is 0.0921 e. The highest BCUT2D eigenvalue weighted by molar-refractivity contribution is 4.94. The summed E-state index contributed by atoms with van der Waals surface area (Å²) >= 11 is 0. The van der Waals surface area contributed by atoms with Crippen LogP contribution in [0.15, 0.2) is 12.5 Å². The summed E-state index contributed by atoms with van der Waals surface area (Å²) in [5, 5.41) is 2.56. The second-order valence-electron chi connectivity index (χ2n) is 1.78. The Morgan fingerprint density at radius 2 is 2.67 bits per heavy atom. The molecule has 0 unspecified atom stereocenters. The quantitative estimate of drug-likeness (QED) is 0.564. The largest absolute Gasteiger partial charge is 0.348 e. The SMILES string of the molecule is [CH]NCCc1cnc[nH]1. The number of rotatable bonds is 3. The Morgan fingerprint density at radius 1 is 1.78 bits per heavy atom. The number of H-pyrrole nitrogens is 1. The molecule has 3 nitrogen and oxygen atoms in total. The summed E-state index contributed by atoms with van der Waals surface area (Å²) < 4.78 is 0. The van der Waals surface area contributed by atoms with E-state index in [1.165, 1.54) is 0 Å². The first kappa shape index (κ1) is 6.29. The number of aromatic nitrogens is 2. The molecule has 1 aromatic rings. The predicted octanol–water partition coefficient (Wildman–Crippen LogP) is 0.210. The molecule has 0 atom stereocenters. The highest BCUT2D eigenvalue weighted by atomic mass is 14.9. The van der Waals surface area contributed by atoms with Gasteiger partial charge in [0.2, 0.25) is 0 Å². The topological polar surface area (TPSA) is 40.7 Å². The van der Waals surface area contributed by atoms with Crippen LogP contribution in [0.2, 0.25) is 0 Å². The lowest BCUT2D eigenvalue weighted by Gasteiger charge is -1.92. The highest BCUT2D eigenvalue weighted by Crippen LogP contribution is 1.89. The summed E-state index contributed by atoms with van der Waals surface area (Å²) in [6.07, 6.45) is 4.35. The van der Waals surface area contributed by atoms with Crippen LogP contribution in [-0.2, 0) is 6.42 Å². The molecule has 0 bridgehead atoms. The van der Waals surface area contributed by atoms with Crippen molar-refractivity contribution in [1.29, 1.82) is 0 Å². The van der Waals surface area contributed by atoms with E-state index in [1.807, 2.05) is 0 Å². The minimum absolute atomic E-state index is 0.780. The number of hydrogen-bond acceptors (Lipinski definition) is 2. The first-order chi connectivity index (χ1) is 4.43. The number of imidazole rings is 1. The lowest BCUT2D eigenvalue weighted by atomic mass is 10.3. The molecule has 48 valence electrons. The Labute approximate surface area is 54.5 Å². The maximum Gasteiger partial charge on any atom is 0.0921 e. The fourth-order valence-electron chi connectivity index (χ4n) is 0.628. The lowest BCUT2D eigenvalue weighted by molar-refractivity contribution is 0.814. The van der Waals surface area contributed by atoms with E-state index in [1.54, 1.807) is 12.5 Å². The van der Waals surface area contributed by atoms with E-state index in [0.717, 1.165) is 18.7 Å². The maximum absolute atomic E-state index is 5.06. The van der Waals surface area contributed by atoms with Crippen LogP contribution in [0.3, 0.4) is 0 Å². The molecule has 9 heavy (non-hydrogen) atoms. The van der Waals surface area contributed by atoms with E-state index < -0.39 is 0 Å². The number of nitrogens with zero attached hydrogens (tertiary/aromatic N) is 1. The van der Waals surface area contributed by atoms with Gasteiger partial charge in [-0.05, 0) is 0 Å². The summed E-state index contributed by atoms with van der Waals surface area (Å²) in [5.41, 5.74) is 1.10. The van der Waals surface area contributed by atoms with Crippen molar-refractivity contribution in [2.75, 3.05) is 6.54 Å². The van der Waals surface area contributed by atoms with Crippen LogP contribution in [0.1, 0.15) is 5.69 Å². The van der Waals surface area contributed by atoms with Crippen molar-refractivity contribution in [3.05, 3.63) is 25.3 Å². The monoisotopic (exact) mass is 123 g/mol. The Hall–Kier alpha value is -0.830. The second kappa shape index (κ2) is 3.25. The molecule has 2 N–H and O–H groups in total. The molecule has 3 heteroatoms. The zero-order chi connectivity index (χ0) is 6.53. The summed E-state index contributed by atoms with van der Waals surface area (Å²) in [5.74, 6) is 0. The molecular formula is C6H9N3. The van der Waals surface area contributed by atoms with Gasteiger partial charge in [-0.2, -0.15) is 0 Å².